The summed E-state index contributed by atoms with van der Waals surface area (Å²) >= 11 is 1.44. The highest BCUT2D eigenvalue weighted by atomic mass is 32.2. The average molecular weight is 289 g/mol. The molecule has 5 nitrogen and oxygen atoms in total. The summed E-state index contributed by atoms with van der Waals surface area (Å²) in [6.45, 7) is 10.2. The molecule has 0 aliphatic carbocycles. The molecule has 6 heteroatoms. The Morgan fingerprint density at radius 2 is 1.65 bits per heavy atom. The van der Waals surface area contributed by atoms with Gasteiger partial charge in [-0.15, -0.1) is 0 Å². The first-order valence-corrected chi connectivity index (χ1v) is 7.31. The van der Waals surface area contributed by atoms with E-state index in [0.717, 1.165) is 27.5 Å². The Morgan fingerprint density at radius 1 is 1.05 bits per heavy atom. The van der Waals surface area contributed by atoms with Crippen molar-refractivity contribution in [3.63, 3.8) is 0 Å². The molecule has 0 saturated carbocycles. The minimum Gasteiger partial charge on any atom is -0.383 e. The lowest BCUT2D eigenvalue weighted by Crippen LogP contribution is -2.04. The second-order valence-electron chi connectivity index (χ2n) is 5.04. The third-order valence-corrected chi connectivity index (χ3v) is 4.14. The molecular weight excluding hydrogens is 270 g/mol. The number of nitrogen functional groups attached to an aromatic ring is 1. The van der Waals surface area contributed by atoms with E-state index in [1.54, 1.807) is 0 Å². The Kier molecular flexibility index (Phi) is 4.23. The topological polar surface area (TPSA) is 77.6 Å². The molecule has 0 atom stereocenters. The van der Waals surface area contributed by atoms with Gasteiger partial charge in [0.1, 0.15) is 17.2 Å². The van der Waals surface area contributed by atoms with Crippen molar-refractivity contribution in [2.75, 3.05) is 5.73 Å². The second kappa shape index (κ2) is 5.75. The number of nitrogens with two attached hydrogens (primary N) is 1. The smallest absolute Gasteiger partial charge is 0.194 e. The largest absolute Gasteiger partial charge is 0.383 e. The van der Waals surface area contributed by atoms with Crippen LogP contribution >= 0.6 is 11.8 Å². The summed E-state index contributed by atoms with van der Waals surface area (Å²) in [5, 5.41) is 1.53. The van der Waals surface area contributed by atoms with Gasteiger partial charge >= 0.3 is 0 Å². The van der Waals surface area contributed by atoms with Crippen LogP contribution in [0.25, 0.3) is 0 Å². The molecule has 0 radical (unpaired) electrons. The first-order valence-electron chi connectivity index (χ1n) is 6.50. The van der Waals surface area contributed by atoms with E-state index in [9.17, 15) is 0 Å². The number of rotatable bonds is 3. The summed E-state index contributed by atoms with van der Waals surface area (Å²) in [5.74, 6) is 0.782. The van der Waals surface area contributed by atoms with E-state index in [1.165, 1.54) is 18.1 Å². The van der Waals surface area contributed by atoms with Gasteiger partial charge in [-0.3, -0.25) is 0 Å². The molecule has 0 unspecified atom stereocenters. The third-order valence-electron chi connectivity index (χ3n) is 3.26. The van der Waals surface area contributed by atoms with Crippen molar-refractivity contribution in [2.24, 2.45) is 0 Å². The average Bonchev–Trinajstić information content (AvgIpc) is 2.35. The Hall–Kier alpha value is -1.69. The SMILES string of the molecule is Cc1nc(Sc2ncnc(N)c2C(C)C)nc(C)c1C. The molecule has 0 amide bonds. The number of anilines is 1. The Balaban J connectivity index is 2.43. The van der Waals surface area contributed by atoms with E-state index in [-0.39, 0.29) is 5.92 Å². The molecule has 0 aromatic carbocycles. The number of aryl methyl sites for hydroxylation is 2. The maximum Gasteiger partial charge on any atom is 0.194 e. The molecule has 2 N–H and O–H groups in total. The zero-order chi connectivity index (χ0) is 14.9. The molecule has 0 saturated heterocycles. The predicted octanol–water partition coefficient (Wildman–Crippen LogP) is 3.05. The molecule has 106 valence electrons. The van der Waals surface area contributed by atoms with Crippen molar-refractivity contribution in [3.05, 3.63) is 28.8 Å². The van der Waals surface area contributed by atoms with Crippen LogP contribution in [-0.4, -0.2) is 19.9 Å². The lowest BCUT2D eigenvalue weighted by Gasteiger charge is -2.13. The van der Waals surface area contributed by atoms with E-state index in [4.69, 9.17) is 5.73 Å². The molecule has 0 spiro atoms. The summed E-state index contributed by atoms with van der Waals surface area (Å²) in [4.78, 5) is 17.4. The second-order valence-corrected chi connectivity index (χ2v) is 5.99. The first kappa shape index (κ1) is 14.7. The molecule has 2 heterocycles. The van der Waals surface area contributed by atoms with Gasteiger partial charge in [0.25, 0.3) is 0 Å². The van der Waals surface area contributed by atoms with Crippen LogP contribution in [0.1, 0.15) is 42.3 Å². The molecule has 0 bridgehead atoms. The van der Waals surface area contributed by atoms with E-state index in [1.807, 2.05) is 20.8 Å². The van der Waals surface area contributed by atoms with Crippen LogP contribution < -0.4 is 5.73 Å². The first-order chi connectivity index (χ1) is 9.40. The lowest BCUT2D eigenvalue weighted by atomic mass is 10.1. The van der Waals surface area contributed by atoms with Gasteiger partial charge in [0.05, 0.1) is 0 Å². The fourth-order valence-electron chi connectivity index (χ4n) is 1.89. The number of aromatic nitrogens is 4. The summed E-state index contributed by atoms with van der Waals surface area (Å²) in [6.07, 6.45) is 1.48. The molecule has 0 fully saturated rings. The van der Waals surface area contributed by atoms with Crippen molar-refractivity contribution in [1.82, 2.24) is 19.9 Å². The zero-order valence-corrected chi connectivity index (χ0v) is 13.2. The number of nitrogens with zero attached hydrogens (tertiary/aromatic N) is 4. The Bertz CT molecular complexity index is 616. The highest BCUT2D eigenvalue weighted by Gasteiger charge is 2.16. The number of hydrogen-bond acceptors (Lipinski definition) is 6. The third kappa shape index (κ3) is 2.90. The highest BCUT2D eigenvalue weighted by molar-refractivity contribution is 7.99. The quantitative estimate of drug-likeness (QED) is 0.691. The minimum absolute atomic E-state index is 0.256. The summed E-state index contributed by atoms with van der Waals surface area (Å²) in [5.41, 5.74) is 10.0. The molecular formula is C14H19N5S. The molecule has 20 heavy (non-hydrogen) atoms. The summed E-state index contributed by atoms with van der Waals surface area (Å²) in [7, 11) is 0. The number of hydrogen-bond donors (Lipinski definition) is 1. The highest BCUT2D eigenvalue weighted by Crippen LogP contribution is 2.33. The van der Waals surface area contributed by atoms with Crippen LogP contribution in [0.2, 0.25) is 0 Å². The van der Waals surface area contributed by atoms with Gasteiger partial charge in [-0.25, -0.2) is 19.9 Å². The van der Waals surface area contributed by atoms with Gasteiger partial charge in [-0.1, -0.05) is 13.8 Å². The predicted molar refractivity (Wildman–Crippen MR) is 80.9 cm³/mol. The Morgan fingerprint density at radius 3 is 2.20 bits per heavy atom. The van der Waals surface area contributed by atoms with Crippen LogP contribution in [0.3, 0.4) is 0 Å². The maximum absolute atomic E-state index is 5.95. The van der Waals surface area contributed by atoms with Crippen LogP contribution in [0.15, 0.2) is 16.5 Å². The van der Waals surface area contributed by atoms with Gasteiger partial charge in [-0.2, -0.15) is 0 Å². The van der Waals surface area contributed by atoms with E-state index >= 15 is 0 Å². The van der Waals surface area contributed by atoms with Crippen molar-refractivity contribution in [1.29, 1.82) is 0 Å². The van der Waals surface area contributed by atoms with E-state index in [0.29, 0.717) is 11.0 Å². The van der Waals surface area contributed by atoms with Gasteiger partial charge in [0, 0.05) is 17.0 Å². The van der Waals surface area contributed by atoms with Crippen LogP contribution in [0, 0.1) is 20.8 Å². The van der Waals surface area contributed by atoms with Gasteiger partial charge in [0.15, 0.2) is 5.16 Å². The van der Waals surface area contributed by atoms with E-state index < -0.39 is 0 Å². The van der Waals surface area contributed by atoms with Crippen molar-refractivity contribution in [2.45, 2.75) is 50.7 Å². The van der Waals surface area contributed by atoms with Crippen LogP contribution in [0.5, 0.6) is 0 Å². The fraction of sp³-hybridized carbons (Fsp3) is 0.429. The van der Waals surface area contributed by atoms with Crippen molar-refractivity contribution < 1.29 is 0 Å². The molecule has 0 aliphatic heterocycles. The Labute approximate surface area is 123 Å². The van der Waals surface area contributed by atoms with Crippen LogP contribution in [0.4, 0.5) is 5.82 Å². The molecule has 2 rings (SSSR count). The van der Waals surface area contributed by atoms with Crippen molar-refractivity contribution in [3.8, 4) is 0 Å². The van der Waals surface area contributed by atoms with Gasteiger partial charge in [0.2, 0.25) is 0 Å². The standard InChI is InChI=1S/C14H19N5S/c1-7(2)11-12(15)16-6-17-13(11)20-14-18-9(4)8(3)10(5)19-14/h6-7H,1-5H3,(H2,15,16,17). The summed E-state index contributed by atoms with van der Waals surface area (Å²) < 4.78 is 0. The maximum atomic E-state index is 5.95. The zero-order valence-electron chi connectivity index (χ0n) is 12.4. The van der Waals surface area contributed by atoms with E-state index in [2.05, 4.69) is 33.8 Å². The lowest BCUT2D eigenvalue weighted by molar-refractivity contribution is 0.804. The molecule has 2 aromatic heterocycles. The van der Waals surface area contributed by atoms with Gasteiger partial charge < -0.3 is 5.73 Å². The minimum atomic E-state index is 0.256. The normalized spacial score (nSPS) is 11.1. The summed E-state index contributed by atoms with van der Waals surface area (Å²) in [6, 6.07) is 0. The van der Waals surface area contributed by atoms with Crippen LogP contribution in [-0.2, 0) is 0 Å². The van der Waals surface area contributed by atoms with Gasteiger partial charge in [-0.05, 0) is 44.0 Å². The van der Waals surface area contributed by atoms with Crippen molar-refractivity contribution >= 4 is 17.6 Å². The fourth-order valence-corrected chi connectivity index (χ4v) is 2.98. The molecule has 0 aliphatic rings. The monoisotopic (exact) mass is 289 g/mol. The molecule has 2 aromatic rings.